The molecule has 2 aromatic rings. The number of ether oxygens (including phenoxy) is 1. The molecule has 1 saturated carbocycles. The Bertz CT molecular complexity index is 717. The first-order valence-electron chi connectivity index (χ1n) is 7.89. The highest BCUT2D eigenvalue weighted by molar-refractivity contribution is 5.87. The molecule has 0 spiro atoms. The molecule has 1 amide bonds. The molecule has 0 unspecified atom stereocenters. The first-order chi connectivity index (χ1) is 11.6. The van der Waals surface area contributed by atoms with Gasteiger partial charge in [-0.05, 0) is 24.0 Å². The molecule has 0 heterocycles. The van der Waals surface area contributed by atoms with Gasteiger partial charge >= 0.3 is 12.1 Å². The van der Waals surface area contributed by atoms with Crippen LogP contribution in [-0.4, -0.2) is 22.7 Å². The van der Waals surface area contributed by atoms with Gasteiger partial charge in [-0.3, -0.25) is 0 Å². The van der Waals surface area contributed by atoms with Gasteiger partial charge in [-0.15, -0.1) is 0 Å². The van der Waals surface area contributed by atoms with E-state index in [1.807, 2.05) is 60.7 Å². The van der Waals surface area contributed by atoms with Gasteiger partial charge in [0, 0.05) is 5.92 Å². The average molecular weight is 325 g/mol. The number of carboxylic acid groups (broad SMARTS) is 1. The minimum atomic E-state index is -1.30. The molecular weight excluding hydrogens is 306 g/mol. The SMILES string of the molecule is O=C(N[C@]1(C(=O)O)CC[C@@H]1c1ccccc1)OCc1ccccc1. The Hall–Kier alpha value is -2.82. The molecule has 1 fully saturated rings. The second kappa shape index (κ2) is 6.74. The first-order valence-corrected chi connectivity index (χ1v) is 7.89. The Morgan fingerprint density at radius 2 is 1.71 bits per heavy atom. The number of benzene rings is 2. The van der Waals surface area contributed by atoms with Crippen LogP contribution in [0.3, 0.4) is 0 Å². The van der Waals surface area contributed by atoms with E-state index in [0.29, 0.717) is 6.42 Å². The summed E-state index contributed by atoms with van der Waals surface area (Å²) >= 11 is 0. The van der Waals surface area contributed by atoms with Crippen molar-refractivity contribution in [3.8, 4) is 0 Å². The monoisotopic (exact) mass is 325 g/mol. The minimum Gasteiger partial charge on any atom is -0.479 e. The van der Waals surface area contributed by atoms with Crippen molar-refractivity contribution in [1.82, 2.24) is 5.32 Å². The number of carbonyl (C=O) groups excluding carboxylic acids is 1. The Balaban J connectivity index is 1.68. The van der Waals surface area contributed by atoms with E-state index in [2.05, 4.69) is 5.32 Å². The van der Waals surface area contributed by atoms with Crippen LogP contribution in [0.4, 0.5) is 4.79 Å². The van der Waals surface area contributed by atoms with Crippen molar-refractivity contribution in [2.75, 3.05) is 0 Å². The van der Waals surface area contributed by atoms with Gasteiger partial charge in [0.05, 0.1) is 0 Å². The van der Waals surface area contributed by atoms with E-state index in [9.17, 15) is 14.7 Å². The van der Waals surface area contributed by atoms with Crippen LogP contribution < -0.4 is 5.32 Å². The standard InChI is InChI=1S/C19H19NO4/c21-17(22)19(12-11-16(19)15-9-5-2-6-10-15)20-18(23)24-13-14-7-3-1-4-8-14/h1-10,16H,11-13H2,(H,20,23)(H,21,22)/t16-,19-/m1/s1. The fourth-order valence-corrected chi connectivity index (χ4v) is 3.11. The Morgan fingerprint density at radius 1 is 1.08 bits per heavy atom. The van der Waals surface area contributed by atoms with Crippen LogP contribution in [0.5, 0.6) is 0 Å². The van der Waals surface area contributed by atoms with Crippen LogP contribution >= 0.6 is 0 Å². The summed E-state index contributed by atoms with van der Waals surface area (Å²) in [6.45, 7) is 0.110. The Labute approximate surface area is 140 Å². The third kappa shape index (κ3) is 3.11. The number of carboxylic acids is 1. The molecule has 1 aliphatic rings. The molecule has 0 aromatic heterocycles. The first kappa shape index (κ1) is 16.1. The van der Waals surface area contributed by atoms with Crippen LogP contribution in [0.25, 0.3) is 0 Å². The zero-order chi connectivity index (χ0) is 17.0. The summed E-state index contributed by atoms with van der Waals surface area (Å²) in [7, 11) is 0. The molecule has 2 aromatic carbocycles. The lowest BCUT2D eigenvalue weighted by atomic mass is 9.63. The van der Waals surface area contributed by atoms with E-state index >= 15 is 0 Å². The largest absolute Gasteiger partial charge is 0.479 e. The third-order valence-corrected chi connectivity index (χ3v) is 4.54. The van der Waals surface area contributed by atoms with Crippen LogP contribution in [0.2, 0.25) is 0 Å². The number of alkyl carbamates (subject to hydrolysis) is 1. The molecule has 5 nitrogen and oxygen atoms in total. The molecule has 5 heteroatoms. The van der Waals surface area contributed by atoms with E-state index < -0.39 is 17.6 Å². The van der Waals surface area contributed by atoms with Gasteiger partial charge in [-0.1, -0.05) is 60.7 Å². The number of amides is 1. The lowest BCUT2D eigenvalue weighted by Crippen LogP contribution is -2.63. The van der Waals surface area contributed by atoms with Crippen LogP contribution in [-0.2, 0) is 16.1 Å². The molecule has 0 bridgehead atoms. The van der Waals surface area contributed by atoms with Crippen molar-refractivity contribution in [1.29, 1.82) is 0 Å². The van der Waals surface area contributed by atoms with Gasteiger partial charge in [0.25, 0.3) is 0 Å². The van der Waals surface area contributed by atoms with Crippen molar-refractivity contribution in [3.05, 3.63) is 71.8 Å². The van der Waals surface area contributed by atoms with Gasteiger partial charge in [-0.2, -0.15) is 0 Å². The average Bonchev–Trinajstić information content (AvgIpc) is 2.58. The highest BCUT2D eigenvalue weighted by Crippen LogP contribution is 2.46. The number of nitrogens with one attached hydrogen (secondary N) is 1. The molecular formula is C19H19NO4. The second-order valence-corrected chi connectivity index (χ2v) is 5.97. The predicted octanol–water partition coefficient (Wildman–Crippen LogP) is 3.31. The third-order valence-electron chi connectivity index (χ3n) is 4.54. The zero-order valence-electron chi connectivity index (χ0n) is 13.1. The van der Waals surface area contributed by atoms with Gasteiger partial charge in [0.1, 0.15) is 12.1 Å². The summed E-state index contributed by atoms with van der Waals surface area (Å²) < 4.78 is 5.18. The number of hydrogen-bond donors (Lipinski definition) is 2. The fraction of sp³-hybridized carbons (Fsp3) is 0.263. The van der Waals surface area contributed by atoms with E-state index in [-0.39, 0.29) is 12.5 Å². The molecule has 0 radical (unpaired) electrons. The fourth-order valence-electron chi connectivity index (χ4n) is 3.11. The zero-order valence-corrected chi connectivity index (χ0v) is 13.1. The van der Waals surface area contributed by atoms with Crippen molar-refractivity contribution < 1.29 is 19.4 Å². The van der Waals surface area contributed by atoms with E-state index in [1.165, 1.54) is 0 Å². The maximum absolute atomic E-state index is 12.1. The van der Waals surface area contributed by atoms with Crippen molar-refractivity contribution >= 4 is 12.1 Å². The lowest BCUT2D eigenvalue weighted by Gasteiger charge is -2.46. The smallest absolute Gasteiger partial charge is 0.408 e. The number of carbonyl (C=O) groups is 2. The highest BCUT2D eigenvalue weighted by Gasteiger charge is 2.55. The predicted molar refractivity (Wildman–Crippen MR) is 88.5 cm³/mol. The lowest BCUT2D eigenvalue weighted by molar-refractivity contribution is -0.150. The summed E-state index contributed by atoms with van der Waals surface area (Å²) in [5.41, 5.74) is 0.467. The molecule has 0 aliphatic heterocycles. The number of hydrogen-bond acceptors (Lipinski definition) is 3. The molecule has 124 valence electrons. The summed E-state index contributed by atoms with van der Waals surface area (Å²) in [5, 5.41) is 12.3. The molecule has 2 N–H and O–H groups in total. The Morgan fingerprint density at radius 3 is 2.25 bits per heavy atom. The molecule has 1 aliphatic carbocycles. The van der Waals surface area contributed by atoms with Crippen LogP contribution in [0, 0.1) is 0 Å². The van der Waals surface area contributed by atoms with Crippen LogP contribution in [0.1, 0.15) is 29.9 Å². The van der Waals surface area contributed by atoms with Gasteiger partial charge in [0.15, 0.2) is 0 Å². The van der Waals surface area contributed by atoms with E-state index in [4.69, 9.17) is 4.74 Å². The van der Waals surface area contributed by atoms with Crippen LogP contribution in [0.15, 0.2) is 60.7 Å². The second-order valence-electron chi connectivity index (χ2n) is 5.97. The number of rotatable bonds is 5. The maximum Gasteiger partial charge on any atom is 0.408 e. The maximum atomic E-state index is 12.1. The summed E-state index contributed by atoms with van der Waals surface area (Å²) in [6, 6.07) is 18.7. The van der Waals surface area contributed by atoms with Crippen molar-refractivity contribution in [2.24, 2.45) is 0 Å². The normalized spacial score (nSPS) is 22.2. The molecule has 3 rings (SSSR count). The molecule has 2 atom stereocenters. The minimum absolute atomic E-state index is 0.110. The van der Waals surface area contributed by atoms with Gasteiger partial charge < -0.3 is 15.2 Å². The summed E-state index contributed by atoms with van der Waals surface area (Å²) in [6.07, 6.45) is 0.402. The van der Waals surface area contributed by atoms with Gasteiger partial charge in [0.2, 0.25) is 0 Å². The number of aliphatic carboxylic acids is 1. The Kier molecular flexibility index (Phi) is 4.51. The summed E-state index contributed by atoms with van der Waals surface area (Å²) in [5.74, 6) is -1.28. The highest BCUT2D eigenvalue weighted by atomic mass is 16.5. The van der Waals surface area contributed by atoms with Gasteiger partial charge in [-0.25, -0.2) is 9.59 Å². The van der Waals surface area contributed by atoms with Crippen molar-refractivity contribution in [2.45, 2.75) is 30.9 Å². The van der Waals surface area contributed by atoms with E-state index in [0.717, 1.165) is 17.5 Å². The topological polar surface area (TPSA) is 75.6 Å². The summed E-state index contributed by atoms with van der Waals surface area (Å²) in [4.78, 5) is 23.9. The van der Waals surface area contributed by atoms with Crippen molar-refractivity contribution in [3.63, 3.8) is 0 Å². The van der Waals surface area contributed by atoms with E-state index in [1.54, 1.807) is 0 Å². The molecule has 0 saturated heterocycles. The molecule has 24 heavy (non-hydrogen) atoms. The quantitative estimate of drug-likeness (QED) is 0.884.